The number of aryl methyl sites for hydroxylation is 1. The minimum absolute atomic E-state index is 0.0536. The van der Waals surface area contributed by atoms with Crippen molar-refractivity contribution in [2.45, 2.75) is 6.18 Å². The van der Waals surface area contributed by atoms with Crippen molar-refractivity contribution in [3.63, 3.8) is 0 Å². The van der Waals surface area contributed by atoms with Gasteiger partial charge < -0.3 is 10.6 Å². The van der Waals surface area contributed by atoms with E-state index in [-0.39, 0.29) is 38.4 Å². The van der Waals surface area contributed by atoms with Crippen LogP contribution in [0.4, 0.5) is 30.5 Å². The molecule has 0 radical (unpaired) electrons. The number of nitrogens with zero attached hydrogens (tertiary/aromatic N) is 4. The molecule has 1 amide bonds. The molecule has 5 aromatic rings. The fraction of sp³-hybridized carbons (Fsp3) is 0.0741. The molecule has 0 spiro atoms. The molecule has 2 N–H and O–H groups in total. The number of aromatic nitrogens is 4. The number of hydrogen-bond donors (Lipinski definition) is 2. The quantitative estimate of drug-likeness (QED) is 0.238. The van der Waals surface area contributed by atoms with Crippen LogP contribution in [0.3, 0.4) is 0 Å². The van der Waals surface area contributed by atoms with Crippen LogP contribution < -0.4 is 16.2 Å². The van der Waals surface area contributed by atoms with Crippen LogP contribution in [0.15, 0.2) is 78.0 Å². The molecule has 0 aliphatic heterocycles. The molecule has 0 aliphatic carbocycles. The minimum Gasteiger partial charge on any atom is -0.323 e. The first-order valence-corrected chi connectivity index (χ1v) is 12.3. The molecule has 13 heteroatoms. The molecule has 0 fully saturated rings. The van der Waals surface area contributed by atoms with Crippen LogP contribution in [0.25, 0.3) is 22.2 Å². The molecule has 0 atom stereocenters. The lowest BCUT2D eigenvalue weighted by Gasteiger charge is -2.15. The van der Waals surface area contributed by atoms with Crippen molar-refractivity contribution >= 4 is 57.5 Å². The Morgan fingerprint density at radius 3 is 2.55 bits per heavy atom. The highest BCUT2D eigenvalue weighted by molar-refractivity contribution is 6.41. The third-order valence-electron chi connectivity index (χ3n) is 5.93. The van der Waals surface area contributed by atoms with Crippen molar-refractivity contribution in [2.75, 3.05) is 10.6 Å². The van der Waals surface area contributed by atoms with Gasteiger partial charge in [0.15, 0.2) is 0 Å². The summed E-state index contributed by atoms with van der Waals surface area (Å²) in [5.41, 5.74) is -0.397. The van der Waals surface area contributed by atoms with E-state index < -0.39 is 23.2 Å². The van der Waals surface area contributed by atoms with Gasteiger partial charge in [-0.15, -0.1) is 0 Å². The number of rotatable bonds is 5. The van der Waals surface area contributed by atoms with Gasteiger partial charge in [0, 0.05) is 36.0 Å². The van der Waals surface area contributed by atoms with Crippen molar-refractivity contribution in [1.29, 1.82) is 0 Å². The summed E-state index contributed by atoms with van der Waals surface area (Å²) in [5, 5.41) is 6.06. The van der Waals surface area contributed by atoms with E-state index in [9.17, 15) is 22.8 Å². The van der Waals surface area contributed by atoms with Crippen molar-refractivity contribution in [1.82, 2.24) is 19.5 Å². The Morgan fingerprint density at radius 2 is 1.82 bits per heavy atom. The number of nitrogens with one attached hydrogen (secondary N) is 2. The highest BCUT2D eigenvalue weighted by atomic mass is 35.5. The van der Waals surface area contributed by atoms with Gasteiger partial charge in [-0.2, -0.15) is 18.2 Å². The number of alkyl halides is 3. The van der Waals surface area contributed by atoms with E-state index in [0.717, 1.165) is 18.2 Å². The Kier molecular flexibility index (Phi) is 7.17. The normalized spacial score (nSPS) is 11.4. The third-order valence-corrected chi connectivity index (χ3v) is 6.63. The zero-order chi connectivity index (χ0) is 28.6. The Hall–Kier alpha value is -4.48. The van der Waals surface area contributed by atoms with Gasteiger partial charge in [-0.25, -0.2) is 4.98 Å². The van der Waals surface area contributed by atoms with Crippen LogP contribution in [0.2, 0.25) is 10.0 Å². The van der Waals surface area contributed by atoms with Crippen LogP contribution in [0, 0.1) is 0 Å². The molecule has 2 aromatic carbocycles. The SMILES string of the molecule is Cn1c(=O)c(-c2c(Cl)ccc(NC(=O)c3cccc(C(F)(F)F)c3)c2Cl)cc2cnc(Nc3cccnc3)nc21. The lowest BCUT2D eigenvalue weighted by atomic mass is 10.0. The van der Waals surface area contributed by atoms with Gasteiger partial charge in [0.2, 0.25) is 5.95 Å². The topological polar surface area (TPSA) is 102 Å². The highest BCUT2D eigenvalue weighted by Gasteiger charge is 2.31. The molecule has 0 unspecified atom stereocenters. The minimum atomic E-state index is -4.61. The zero-order valence-corrected chi connectivity index (χ0v) is 21.9. The van der Waals surface area contributed by atoms with E-state index in [1.165, 1.54) is 42.1 Å². The van der Waals surface area contributed by atoms with Gasteiger partial charge in [-0.05, 0) is 48.5 Å². The number of carbonyl (C=O) groups excluding carboxylic acids is 1. The Labute approximate surface area is 234 Å². The largest absolute Gasteiger partial charge is 0.416 e. The first-order chi connectivity index (χ1) is 19.0. The van der Waals surface area contributed by atoms with Crippen LogP contribution in [-0.4, -0.2) is 25.4 Å². The summed E-state index contributed by atoms with van der Waals surface area (Å²) in [7, 11) is 1.52. The van der Waals surface area contributed by atoms with E-state index in [0.29, 0.717) is 16.7 Å². The number of anilines is 3. The molecule has 3 aromatic heterocycles. The lowest BCUT2D eigenvalue weighted by Crippen LogP contribution is -2.20. The summed E-state index contributed by atoms with van der Waals surface area (Å²) < 4.78 is 40.6. The lowest BCUT2D eigenvalue weighted by molar-refractivity contribution is -0.137. The number of hydrogen-bond acceptors (Lipinski definition) is 6. The average Bonchev–Trinajstić information content (AvgIpc) is 2.93. The van der Waals surface area contributed by atoms with E-state index in [1.807, 2.05) is 0 Å². The first kappa shape index (κ1) is 27.1. The van der Waals surface area contributed by atoms with Crippen molar-refractivity contribution < 1.29 is 18.0 Å². The molecular formula is C27H17Cl2F3N6O2. The first-order valence-electron chi connectivity index (χ1n) is 11.5. The molecule has 8 nitrogen and oxygen atoms in total. The van der Waals surface area contributed by atoms with Crippen LogP contribution in [0.5, 0.6) is 0 Å². The molecule has 0 saturated carbocycles. The van der Waals surface area contributed by atoms with Gasteiger partial charge in [0.25, 0.3) is 11.5 Å². The van der Waals surface area contributed by atoms with Crippen molar-refractivity contribution in [2.24, 2.45) is 7.05 Å². The summed E-state index contributed by atoms with van der Waals surface area (Å²) in [6.45, 7) is 0. The van der Waals surface area contributed by atoms with E-state index in [4.69, 9.17) is 23.2 Å². The van der Waals surface area contributed by atoms with Crippen molar-refractivity contribution in [3.05, 3.63) is 105 Å². The smallest absolute Gasteiger partial charge is 0.323 e. The molecular weight excluding hydrogens is 568 g/mol. The second-order valence-corrected chi connectivity index (χ2v) is 9.36. The number of halogens is 5. The van der Waals surface area contributed by atoms with Gasteiger partial charge in [-0.1, -0.05) is 29.3 Å². The molecule has 40 heavy (non-hydrogen) atoms. The Balaban J connectivity index is 1.52. The predicted octanol–water partition coefficient (Wildman–Crippen LogP) is 6.71. The molecule has 0 aliphatic rings. The van der Waals surface area contributed by atoms with E-state index >= 15 is 0 Å². The van der Waals surface area contributed by atoms with Gasteiger partial charge in [0.05, 0.1) is 38.7 Å². The maximum atomic E-state index is 13.4. The highest BCUT2D eigenvalue weighted by Crippen LogP contribution is 2.39. The van der Waals surface area contributed by atoms with E-state index in [1.54, 1.807) is 24.5 Å². The van der Waals surface area contributed by atoms with Crippen LogP contribution >= 0.6 is 23.2 Å². The molecule has 202 valence electrons. The Morgan fingerprint density at radius 1 is 1.02 bits per heavy atom. The predicted molar refractivity (Wildman–Crippen MR) is 147 cm³/mol. The second kappa shape index (κ2) is 10.6. The maximum absolute atomic E-state index is 13.4. The Bertz CT molecular complexity index is 1830. The van der Waals surface area contributed by atoms with Crippen molar-refractivity contribution in [3.8, 4) is 11.1 Å². The van der Waals surface area contributed by atoms with Crippen LogP contribution in [0.1, 0.15) is 15.9 Å². The number of amides is 1. The van der Waals surface area contributed by atoms with Gasteiger partial charge in [-0.3, -0.25) is 19.1 Å². The zero-order valence-electron chi connectivity index (χ0n) is 20.4. The number of fused-ring (bicyclic) bond motifs is 1. The summed E-state index contributed by atoms with van der Waals surface area (Å²) in [6.07, 6.45) is 0.125. The monoisotopic (exact) mass is 584 g/mol. The molecule has 5 rings (SSSR count). The summed E-state index contributed by atoms with van der Waals surface area (Å²) in [5.74, 6) is -0.576. The number of benzene rings is 2. The number of carbonyl (C=O) groups is 1. The van der Waals surface area contributed by atoms with E-state index in [2.05, 4.69) is 25.6 Å². The summed E-state index contributed by atoms with van der Waals surface area (Å²) >= 11 is 13.0. The molecule has 0 bridgehead atoms. The average molecular weight is 585 g/mol. The van der Waals surface area contributed by atoms with Crippen LogP contribution in [-0.2, 0) is 13.2 Å². The summed E-state index contributed by atoms with van der Waals surface area (Å²) in [4.78, 5) is 38.9. The molecule has 3 heterocycles. The second-order valence-electron chi connectivity index (χ2n) is 8.58. The number of pyridine rings is 2. The van der Waals surface area contributed by atoms with Gasteiger partial charge in [0.1, 0.15) is 5.65 Å². The fourth-order valence-electron chi connectivity index (χ4n) is 3.98. The molecule has 0 saturated heterocycles. The standard InChI is InChI=1S/C27H17Cl2F3N6O2/c1-38-23-15(12-34-26(37-23)35-17-6-3-9-33-13-17)11-18(25(38)40)21-19(28)7-8-20(22(21)29)36-24(39)14-4-2-5-16(10-14)27(30,31)32/h2-13H,1H3,(H,36,39)(H,34,35,37). The summed E-state index contributed by atoms with van der Waals surface area (Å²) in [6, 6.07) is 11.8. The maximum Gasteiger partial charge on any atom is 0.416 e. The van der Waals surface area contributed by atoms with Gasteiger partial charge >= 0.3 is 6.18 Å². The third kappa shape index (κ3) is 5.33. The fourth-order valence-corrected chi connectivity index (χ4v) is 4.60.